The molecule has 0 aliphatic carbocycles. The van der Waals surface area contributed by atoms with Crippen molar-refractivity contribution in [1.82, 2.24) is 19.9 Å². The van der Waals surface area contributed by atoms with Crippen LogP contribution in [0, 0.1) is 12.3 Å². The predicted octanol–water partition coefficient (Wildman–Crippen LogP) is 0.759. The van der Waals surface area contributed by atoms with Gasteiger partial charge in [-0.25, -0.2) is 4.98 Å². The third-order valence-corrected chi connectivity index (χ3v) is 2.09. The fourth-order valence-electron chi connectivity index (χ4n) is 1.27. The Morgan fingerprint density at radius 1 is 1.50 bits per heavy atom. The number of hydrogen-bond acceptors (Lipinski definition) is 5. The molecule has 0 fully saturated rings. The standard InChI is InChI=1S/C10H12N6/c1-4-10(2,3)16-8-6-7(13-5-12-6)14-9(11)15-8/h1,5H,2-3H3,(H4,11,12,13,14,15,16). The van der Waals surface area contributed by atoms with Crippen LogP contribution in [0.25, 0.3) is 11.2 Å². The largest absolute Gasteiger partial charge is 0.368 e. The molecule has 4 N–H and O–H groups in total. The average molecular weight is 216 g/mol. The van der Waals surface area contributed by atoms with E-state index in [4.69, 9.17) is 12.2 Å². The highest BCUT2D eigenvalue weighted by Gasteiger charge is 2.17. The summed E-state index contributed by atoms with van der Waals surface area (Å²) in [6.07, 6.45) is 6.93. The van der Waals surface area contributed by atoms with Crippen molar-refractivity contribution in [2.24, 2.45) is 0 Å². The number of rotatable bonds is 2. The lowest BCUT2D eigenvalue weighted by atomic mass is 10.1. The molecule has 0 atom stereocenters. The first-order valence-electron chi connectivity index (χ1n) is 4.74. The van der Waals surface area contributed by atoms with Crippen LogP contribution in [-0.4, -0.2) is 25.5 Å². The van der Waals surface area contributed by atoms with E-state index < -0.39 is 5.54 Å². The van der Waals surface area contributed by atoms with Gasteiger partial charge in [0.2, 0.25) is 5.95 Å². The molecule has 0 aromatic carbocycles. The van der Waals surface area contributed by atoms with Crippen molar-refractivity contribution in [3.63, 3.8) is 0 Å². The molecule has 0 radical (unpaired) electrons. The second kappa shape index (κ2) is 3.38. The van der Waals surface area contributed by atoms with Crippen molar-refractivity contribution in [2.45, 2.75) is 19.4 Å². The molecule has 0 saturated heterocycles. The lowest BCUT2D eigenvalue weighted by molar-refractivity contribution is 0.737. The fourth-order valence-corrected chi connectivity index (χ4v) is 1.27. The second-order valence-corrected chi connectivity index (χ2v) is 3.93. The Labute approximate surface area is 92.7 Å². The maximum atomic E-state index is 5.58. The Hall–Kier alpha value is -2.29. The van der Waals surface area contributed by atoms with E-state index in [2.05, 4.69) is 31.2 Å². The van der Waals surface area contributed by atoms with Gasteiger partial charge in [-0.05, 0) is 13.8 Å². The normalized spacial score (nSPS) is 11.3. The number of nitrogens with one attached hydrogen (secondary N) is 2. The zero-order chi connectivity index (χ0) is 11.8. The van der Waals surface area contributed by atoms with Gasteiger partial charge >= 0.3 is 0 Å². The van der Waals surface area contributed by atoms with E-state index in [0.29, 0.717) is 17.0 Å². The molecule has 0 unspecified atom stereocenters. The molecule has 0 aliphatic heterocycles. The van der Waals surface area contributed by atoms with E-state index >= 15 is 0 Å². The van der Waals surface area contributed by atoms with Gasteiger partial charge in [0.1, 0.15) is 5.52 Å². The Morgan fingerprint density at radius 3 is 2.94 bits per heavy atom. The highest BCUT2D eigenvalue weighted by molar-refractivity contribution is 5.84. The molecule has 6 nitrogen and oxygen atoms in total. The SMILES string of the molecule is C#CC(C)(C)Nc1nc(N)nc2nc[nH]c12. The molecule has 2 aromatic heterocycles. The zero-order valence-electron chi connectivity index (χ0n) is 9.07. The smallest absolute Gasteiger partial charge is 0.224 e. The first-order chi connectivity index (χ1) is 7.52. The number of terminal acetylenes is 1. The molecule has 2 rings (SSSR count). The lowest BCUT2D eigenvalue weighted by Gasteiger charge is -2.20. The van der Waals surface area contributed by atoms with Crippen LogP contribution < -0.4 is 11.1 Å². The molecule has 82 valence electrons. The second-order valence-electron chi connectivity index (χ2n) is 3.93. The summed E-state index contributed by atoms with van der Waals surface area (Å²) in [6, 6.07) is 0. The van der Waals surface area contributed by atoms with Crippen LogP contribution >= 0.6 is 0 Å². The van der Waals surface area contributed by atoms with Crippen molar-refractivity contribution in [3.05, 3.63) is 6.33 Å². The molecule has 16 heavy (non-hydrogen) atoms. The van der Waals surface area contributed by atoms with Crippen LogP contribution in [0.1, 0.15) is 13.8 Å². The average Bonchev–Trinajstić information content (AvgIpc) is 2.65. The zero-order valence-corrected chi connectivity index (χ0v) is 9.07. The minimum absolute atomic E-state index is 0.162. The number of aromatic nitrogens is 4. The van der Waals surface area contributed by atoms with E-state index in [0.717, 1.165) is 0 Å². The van der Waals surface area contributed by atoms with E-state index in [1.54, 1.807) is 0 Å². The maximum absolute atomic E-state index is 5.58. The third-order valence-electron chi connectivity index (χ3n) is 2.09. The van der Waals surface area contributed by atoms with E-state index in [9.17, 15) is 0 Å². The van der Waals surface area contributed by atoms with Gasteiger partial charge in [0.05, 0.1) is 11.9 Å². The fraction of sp³-hybridized carbons (Fsp3) is 0.300. The number of imidazole rings is 1. The number of fused-ring (bicyclic) bond motifs is 1. The van der Waals surface area contributed by atoms with Crippen molar-refractivity contribution in [1.29, 1.82) is 0 Å². The summed E-state index contributed by atoms with van der Waals surface area (Å²) in [7, 11) is 0. The van der Waals surface area contributed by atoms with E-state index in [-0.39, 0.29) is 5.95 Å². The van der Waals surface area contributed by atoms with Crippen LogP contribution in [0.2, 0.25) is 0 Å². The van der Waals surface area contributed by atoms with Crippen molar-refractivity contribution >= 4 is 22.9 Å². The molecule has 0 spiro atoms. The Kier molecular flexibility index (Phi) is 2.16. The molecule has 2 heterocycles. The summed E-state index contributed by atoms with van der Waals surface area (Å²) in [5.74, 6) is 3.34. The van der Waals surface area contributed by atoms with E-state index in [1.165, 1.54) is 6.33 Å². The van der Waals surface area contributed by atoms with Gasteiger partial charge in [0, 0.05) is 0 Å². The minimum atomic E-state index is -0.515. The summed E-state index contributed by atoms with van der Waals surface area (Å²) in [4.78, 5) is 15.0. The van der Waals surface area contributed by atoms with Gasteiger partial charge in [0.25, 0.3) is 0 Å². The molecule has 2 aromatic rings. The first kappa shape index (κ1) is 10.2. The highest BCUT2D eigenvalue weighted by Crippen LogP contribution is 2.20. The molecule has 0 saturated carbocycles. The monoisotopic (exact) mass is 216 g/mol. The summed E-state index contributed by atoms with van der Waals surface area (Å²) in [5, 5.41) is 3.10. The quantitative estimate of drug-likeness (QED) is 0.644. The summed E-state index contributed by atoms with van der Waals surface area (Å²) >= 11 is 0. The van der Waals surface area contributed by atoms with Gasteiger partial charge in [-0.1, -0.05) is 5.92 Å². The predicted molar refractivity (Wildman–Crippen MR) is 62.6 cm³/mol. The first-order valence-corrected chi connectivity index (χ1v) is 4.74. The number of nitrogen functional groups attached to an aromatic ring is 1. The Balaban J connectivity index is 2.52. The van der Waals surface area contributed by atoms with Crippen LogP contribution in [0.3, 0.4) is 0 Å². The number of hydrogen-bond donors (Lipinski definition) is 3. The van der Waals surface area contributed by atoms with Crippen molar-refractivity contribution in [3.8, 4) is 12.3 Å². The van der Waals surface area contributed by atoms with Crippen molar-refractivity contribution < 1.29 is 0 Å². The molecule has 6 heteroatoms. The van der Waals surface area contributed by atoms with Gasteiger partial charge in [-0.15, -0.1) is 6.42 Å². The van der Waals surface area contributed by atoms with Crippen LogP contribution in [0.4, 0.5) is 11.8 Å². The molecule has 0 amide bonds. The Morgan fingerprint density at radius 2 is 2.25 bits per heavy atom. The molecular formula is C10H12N6. The highest BCUT2D eigenvalue weighted by atomic mass is 15.1. The van der Waals surface area contributed by atoms with Crippen LogP contribution in [-0.2, 0) is 0 Å². The van der Waals surface area contributed by atoms with Crippen LogP contribution in [0.5, 0.6) is 0 Å². The van der Waals surface area contributed by atoms with Crippen LogP contribution in [0.15, 0.2) is 6.33 Å². The van der Waals surface area contributed by atoms with Gasteiger partial charge in [-0.2, -0.15) is 9.97 Å². The lowest BCUT2D eigenvalue weighted by Crippen LogP contribution is -2.29. The number of nitrogens with zero attached hydrogens (tertiary/aromatic N) is 3. The topological polar surface area (TPSA) is 92.5 Å². The number of anilines is 2. The summed E-state index contributed by atoms with van der Waals surface area (Å²) in [5.41, 5.74) is 6.27. The van der Waals surface area contributed by atoms with E-state index in [1.807, 2.05) is 13.8 Å². The Bertz CT molecular complexity index is 562. The summed E-state index contributed by atoms with van der Waals surface area (Å²) < 4.78 is 0. The third kappa shape index (κ3) is 1.75. The maximum Gasteiger partial charge on any atom is 0.224 e. The number of aromatic amines is 1. The van der Waals surface area contributed by atoms with Gasteiger partial charge in [-0.3, -0.25) is 0 Å². The minimum Gasteiger partial charge on any atom is -0.368 e. The van der Waals surface area contributed by atoms with Crippen molar-refractivity contribution in [2.75, 3.05) is 11.1 Å². The molecular weight excluding hydrogens is 204 g/mol. The summed E-state index contributed by atoms with van der Waals surface area (Å²) in [6.45, 7) is 3.74. The van der Waals surface area contributed by atoms with Gasteiger partial charge in [0.15, 0.2) is 11.5 Å². The number of H-pyrrole nitrogens is 1. The number of nitrogens with two attached hydrogens (primary N) is 1. The molecule has 0 bridgehead atoms. The van der Waals surface area contributed by atoms with Gasteiger partial charge < -0.3 is 16.0 Å². The molecule has 0 aliphatic rings.